The lowest BCUT2D eigenvalue weighted by Gasteiger charge is -2.34. The van der Waals surface area contributed by atoms with Crippen LogP contribution in [0.2, 0.25) is 5.02 Å². The Kier molecular flexibility index (Phi) is 7.32. The third-order valence-electron chi connectivity index (χ3n) is 5.40. The van der Waals surface area contributed by atoms with E-state index >= 15 is 0 Å². The number of aliphatic hydroxyl groups is 2. The van der Waals surface area contributed by atoms with Crippen molar-refractivity contribution in [3.8, 4) is 0 Å². The van der Waals surface area contributed by atoms with E-state index in [4.69, 9.17) is 21.1 Å². The van der Waals surface area contributed by atoms with Crippen molar-refractivity contribution in [2.75, 3.05) is 33.4 Å². The van der Waals surface area contributed by atoms with Crippen molar-refractivity contribution < 1.29 is 28.1 Å². The van der Waals surface area contributed by atoms with E-state index in [0.29, 0.717) is 11.6 Å². The largest absolute Gasteiger partial charge is 0.394 e. The van der Waals surface area contributed by atoms with Gasteiger partial charge in [0.2, 0.25) is 10.0 Å². The number of rotatable bonds is 8. The summed E-state index contributed by atoms with van der Waals surface area (Å²) in [7, 11) is -2.12. The van der Waals surface area contributed by atoms with Gasteiger partial charge < -0.3 is 19.7 Å². The minimum absolute atomic E-state index is 0.0145. The normalized spacial score (nSPS) is 31.5. The van der Waals surface area contributed by atoms with E-state index < -0.39 is 34.4 Å². The van der Waals surface area contributed by atoms with Crippen molar-refractivity contribution in [3.05, 3.63) is 29.3 Å². The van der Waals surface area contributed by atoms with Crippen molar-refractivity contribution in [1.29, 1.82) is 0 Å². The van der Waals surface area contributed by atoms with Crippen LogP contribution in [0.15, 0.2) is 29.2 Å². The van der Waals surface area contributed by atoms with Gasteiger partial charge in [-0.15, -0.1) is 0 Å². The van der Waals surface area contributed by atoms with Crippen LogP contribution < -0.4 is 4.72 Å². The Bertz CT molecular complexity index is 747. The number of nitrogens with zero attached hydrogens (tertiary/aromatic N) is 1. The van der Waals surface area contributed by atoms with Crippen molar-refractivity contribution in [2.45, 2.75) is 48.1 Å². The maximum Gasteiger partial charge on any atom is 0.240 e. The van der Waals surface area contributed by atoms with Gasteiger partial charge in [0.1, 0.15) is 12.2 Å². The molecule has 0 aromatic heterocycles. The highest BCUT2D eigenvalue weighted by Gasteiger charge is 2.49. The molecular weight excluding hydrogens is 408 g/mol. The second-order valence-corrected chi connectivity index (χ2v) is 9.38. The summed E-state index contributed by atoms with van der Waals surface area (Å²) in [5, 5.41) is 20.7. The Morgan fingerprint density at radius 2 is 2.04 bits per heavy atom. The molecule has 0 bridgehead atoms. The third kappa shape index (κ3) is 4.68. The van der Waals surface area contributed by atoms with Gasteiger partial charge in [0.15, 0.2) is 0 Å². The predicted octanol–water partition coefficient (Wildman–Crippen LogP) is 0.218. The molecule has 3 N–H and O–H groups in total. The first-order chi connectivity index (χ1) is 13.4. The molecule has 2 saturated heterocycles. The van der Waals surface area contributed by atoms with Gasteiger partial charge in [-0.3, -0.25) is 4.90 Å². The number of hydrogen-bond acceptors (Lipinski definition) is 7. The fraction of sp³-hybridized carbons (Fsp3) is 0.667. The van der Waals surface area contributed by atoms with E-state index in [2.05, 4.69) is 9.62 Å². The number of methoxy groups -OCH3 is 1. The quantitative estimate of drug-likeness (QED) is 0.537. The summed E-state index contributed by atoms with van der Waals surface area (Å²) in [5.41, 5.74) is 0. The summed E-state index contributed by atoms with van der Waals surface area (Å²) in [5.74, 6) is 0. The Hall–Kier alpha value is -0.780. The molecule has 2 fully saturated rings. The molecular formula is C18H27ClN2O6S. The molecule has 5 atom stereocenters. The molecule has 1 aromatic carbocycles. The number of sulfonamides is 1. The standard InChI is InChI=1S/C18H27ClN2O6S/c1-26-11-13-3-2-8-21(13)17-15(27-16(10-22)18(17)23)9-20-28(24,25)14-6-4-12(19)5-7-14/h4-7,13,15-18,20,22-23H,2-3,8-11H2,1H3/t13-,15+,16-,17+,18+/m0/s1. The average Bonchev–Trinajstić information content (AvgIpc) is 3.24. The first kappa shape index (κ1) is 21.9. The summed E-state index contributed by atoms with van der Waals surface area (Å²) in [6.07, 6.45) is -0.355. The number of likely N-dealkylation sites (tertiary alicyclic amines) is 1. The average molecular weight is 435 g/mol. The van der Waals surface area contributed by atoms with Gasteiger partial charge in [-0.25, -0.2) is 13.1 Å². The van der Waals surface area contributed by atoms with Crippen LogP contribution in [0.1, 0.15) is 12.8 Å². The molecule has 28 heavy (non-hydrogen) atoms. The summed E-state index contributed by atoms with van der Waals surface area (Å²) in [6.45, 7) is 0.939. The summed E-state index contributed by atoms with van der Waals surface area (Å²) >= 11 is 5.82. The molecule has 2 aliphatic heterocycles. The van der Waals surface area contributed by atoms with Crippen molar-refractivity contribution >= 4 is 21.6 Å². The number of ether oxygens (including phenoxy) is 2. The Balaban J connectivity index is 1.74. The van der Waals surface area contributed by atoms with Crippen LogP contribution in [0.4, 0.5) is 0 Å². The highest BCUT2D eigenvalue weighted by atomic mass is 35.5. The highest BCUT2D eigenvalue weighted by Crippen LogP contribution is 2.31. The fourth-order valence-corrected chi connectivity index (χ4v) is 5.24. The van der Waals surface area contributed by atoms with E-state index in [0.717, 1.165) is 19.4 Å². The zero-order chi connectivity index (χ0) is 20.3. The lowest BCUT2D eigenvalue weighted by Crippen LogP contribution is -2.53. The Morgan fingerprint density at radius 1 is 1.32 bits per heavy atom. The molecule has 0 radical (unpaired) electrons. The van der Waals surface area contributed by atoms with E-state index in [9.17, 15) is 18.6 Å². The van der Waals surface area contributed by atoms with Gasteiger partial charge in [0.05, 0.1) is 30.3 Å². The first-order valence-corrected chi connectivity index (χ1v) is 11.2. The van der Waals surface area contributed by atoms with Gasteiger partial charge in [-0.05, 0) is 43.7 Å². The molecule has 0 spiro atoms. The minimum atomic E-state index is -3.75. The smallest absolute Gasteiger partial charge is 0.240 e. The van der Waals surface area contributed by atoms with Gasteiger partial charge in [0, 0.05) is 24.7 Å². The molecule has 10 heteroatoms. The Morgan fingerprint density at radius 3 is 2.68 bits per heavy atom. The van der Waals surface area contributed by atoms with Crippen LogP contribution in [0.3, 0.4) is 0 Å². The molecule has 3 rings (SSSR count). The number of aliphatic hydroxyl groups excluding tert-OH is 2. The van der Waals surface area contributed by atoms with Crippen LogP contribution in [-0.2, 0) is 19.5 Å². The lowest BCUT2D eigenvalue weighted by molar-refractivity contribution is -0.0201. The SMILES string of the molecule is COC[C@@H]1CCCN1[C@H]1[C@H](O)[C@H](CO)O[C@@H]1CNS(=O)(=O)c1ccc(Cl)cc1. The second-order valence-electron chi connectivity index (χ2n) is 7.17. The van der Waals surface area contributed by atoms with Crippen LogP contribution in [-0.4, -0.2) is 87.3 Å². The second kappa shape index (κ2) is 9.36. The first-order valence-electron chi connectivity index (χ1n) is 9.31. The summed E-state index contributed by atoms with van der Waals surface area (Å²) in [6, 6.07) is 5.58. The molecule has 0 aliphatic carbocycles. The van der Waals surface area contributed by atoms with Crippen molar-refractivity contribution in [3.63, 3.8) is 0 Å². The summed E-state index contributed by atoms with van der Waals surface area (Å²) in [4.78, 5) is 2.22. The maximum atomic E-state index is 12.6. The van der Waals surface area contributed by atoms with Crippen molar-refractivity contribution in [1.82, 2.24) is 9.62 Å². The van der Waals surface area contributed by atoms with E-state index in [1.807, 2.05) is 0 Å². The van der Waals surface area contributed by atoms with Crippen molar-refractivity contribution in [2.24, 2.45) is 0 Å². The molecule has 8 nitrogen and oxygen atoms in total. The van der Waals surface area contributed by atoms with Crippen LogP contribution >= 0.6 is 11.6 Å². The van der Waals surface area contributed by atoms with Gasteiger partial charge >= 0.3 is 0 Å². The number of halogens is 1. The Labute approximate surface area is 170 Å². The molecule has 2 heterocycles. The van der Waals surface area contributed by atoms with E-state index in [1.54, 1.807) is 7.11 Å². The fourth-order valence-electron chi connectivity index (χ4n) is 4.07. The zero-order valence-electron chi connectivity index (χ0n) is 15.7. The van der Waals surface area contributed by atoms with E-state index in [1.165, 1.54) is 24.3 Å². The molecule has 158 valence electrons. The maximum absolute atomic E-state index is 12.6. The van der Waals surface area contributed by atoms with Gasteiger partial charge in [-0.2, -0.15) is 0 Å². The zero-order valence-corrected chi connectivity index (χ0v) is 17.3. The number of nitrogens with one attached hydrogen (secondary N) is 1. The van der Waals surface area contributed by atoms with Gasteiger partial charge in [-0.1, -0.05) is 11.6 Å². The minimum Gasteiger partial charge on any atom is -0.394 e. The van der Waals surface area contributed by atoms with Crippen LogP contribution in [0.25, 0.3) is 0 Å². The molecule has 0 saturated carbocycles. The van der Waals surface area contributed by atoms with Gasteiger partial charge in [0.25, 0.3) is 0 Å². The molecule has 2 aliphatic rings. The van der Waals surface area contributed by atoms with E-state index in [-0.39, 0.29) is 24.1 Å². The topological polar surface area (TPSA) is 108 Å². The highest BCUT2D eigenvalue weighted by molar-refractivity contribution is 7.89. The lowest BCUT2D eigenvalue weighted by atomic mass is 10.0. The number of benzene rings is 1. The predicted molar refractivity (Wildman–Crippen MR) is 104 cm³/mol. The third-order valence-corrected chi connectivity index (χ3v) is 7.10. The van der Waals surface area contributed by atoms with Crippen LogP contribution in [0.5, 0.6) is 0 Å². The monoisotopic (exact) mass is 434 g/mol. The summed E-state index contributed by atoms with van der Waals surface area (Å²) < 4.78 is 38.8. The van der Waals surface area contributed by atoms with Crippen LogP contribution in [0, 0.1) is 0 Å². The molecule has 0 amide bonds. The number of hydrogen-bond donors (Lipinski definition) is 3. The molecule has 0 unspecified atom stereocenters. The molecule has 1 aromatic rings.